The van der Waals surface area contributed by atoms with Gasteiger partial charge in [-0.3, -0.25) is 14.9 Å². The number of amides is 1. The van der Waals surface area contributed by atoms with E-state index in [9.17, 15) is 20.3 Å². The quantitative estimate of drug-likeness (QED) is 0.0344. The zero-order valence-corrected chi connectivity index (χ0v) is 37.6. The summed E-state index contributed by atoms with van der Waals surface area (Å²) in [4.78, 5) is 34.2. The van der Waals surface area contributed by atoms with Gasteiger partial charge in [0.2, 0.25) is 18.5 Å². The van der Waals surface area contributed by atoms with E-state index in [-0.39, 0.29) is 68.9 Å². The lowest BCUT2D eigenvalue weighted by Crippen LogP contribution is -2.70. The molecular formula is C51H61N3O11. The van der Waals surface area contributed by atoms with Gasteiger partial charge in [0.15, 0.2) is 11.5 Å². The molecule has 2 N–H and O–H groups in total. The van der Waals surface area contributed by atoms with Gasteiger partial charge in [-0.2, -0.15) is 0 Å². The van der Waals surface area contributed by atoms with Crippen molar-refractivity contribution in [1.29, 1.82) is 0 Å². The smallest absolute Gasteiger partial charge is 0.269 e. The van der Waals surface area contributed by atoms with E-state index in [1.54, 1.807) is 35.3 Å². The first kappa shape index (κ1) is 47.0. The van der Waals surface area contributed by atoms with Crippen molar-refractivity contribution in [1.82, 2.24) is 4.90 Å². The molecule has 6 unspecified atom stereocenters. The zero-order chi connectivity index (χ0) is 46.1. The summed E-state index contributed by atoms with van der Waals surface area (Å²) in [7, 11) is 0. The number of unbranched alkanes of at least 4 members (excludes halogenated alkanes) is 2. The highest BCUT2D eigenvalue weighted by atomic mass is 16.7. The molecular weight excluding hydrogens is 831 g/mol. The van der Waals surface area contributed by atoms with Gasteiger partial charge >= 0.3 is 0 Å². The van der Waals surface area contributed by atoms with Gasteiger partial charge in [-0.25, -0.2) is 0 Å². The van der Waals surface area contributed by atoms with Crippen LogP contribution in [0.4, 0.5) is 5.69 Å². The third kappa shape index (κ3) is 10.6. The number of ether oxygens (including phenoxy) is 5. The van der Waals surface area contributed by atoms with Crippen LogP contribution in [0, 0.1) is 27.9 Å². The normalized spacial score (nSPS) is 23.5. The fourth-order valence-electron chi connectivity index (χ4n) is 9.63. The molecule has 1 fully saturated rings. The number of rotatable bonds is 21. The number of allylic oxidation sites excluding steroid dienone is 1. The molecule has 346 valence electrons. The van der Waals surface area contributed by atoms with Gasteiger partial charge < -0.3 is 43.6 Å². The van der Waals surface area contributed by atoms with Gasteiger partial charge in [-0.15, -0.1) is 6.58 Å². The molecule has 2 aliphatic carbocycles. The highest BCUT2D eigenvalue weighted by Crippen LogP contribution is 2.62. The standard InChI is InChI=1S/C51H61N3O11/c1-6-26-60-38-20-22-43-41(30-38)48-39(13-9-11-25-56)36(12-8-10-24-55)29-40-42(52-65-50(3,4)5)31-46(51(64-43,49(40)48)63-27-7-2)53(32-35-16-21-44-45(28-35)62-33-61-44)47(57)23-17-34-14-18-37(19-15-34)54(58)59/h6-7,14-23,28-30,36,39,46,48-49,55-56H,1-2,8-13,24-27,31-33H2,3-5H3. The molecule has 4 aliphatic rings. The van der Waals surface area contributed by atoms with Gasteiger partial charge in [0.1, 0.15) is 29.7 Å². The van der Waals surface area contributed by atoms with Gasteiger partial charge in [-0.1, -0.05) is 48.9 Å². The second kappa shape index (κ2) is 20.9. The molecule has 3 aromatic carbocycles. The van der Waals surface area contributed by atoms with Crippen LogP contribution in [0.3, 0.4) is 0 Å². The maximum absolute atomic E-state index is 15.2. The van der Waals surface area contributed by atoms with Crippen LogP contribution in [0.25, 0.3) is 6.08 Å². The summed E-state index contributed by atoms with van der Waals surface area (Å²) in [6, 6.07) is 16.6. The van der Waals surface area contributed by atoms with Crippen molar-refractivity contribution in [2.75, 3.05) is 33.2 Å². The van der Waals surface area contributed by atoms with Crippen molar-refractivity contribution in [2.45, 2.75) is 95.6 Å². The maximum atomic E-state index is 15.2. The number of hydrogen-bond acceptors (Lipinski definition) is 12. The van der Waals surface area contributed by atoms with Gasteiger partial charge in [0.25, 0.3) is 5.69 Å². The molecule has 0 radical (unpaired) electrons. The largest absolute Gasteiger partial charge is 0.490 e. The van der Waals surface area contributed by atoms with Crippen molar-refractivity contribution < 1.29 is 48.5 Å². The van der Waals surface area contributed by atoms with E-state index in [4.69, 9.17) is 33.7 Å². The van der Waals surface area contributed by atoms with Crippen LogP contribution in [-0.4, -0.2) is 82.3 Å². The van der Waals surface area contributed by atoms with E-state index >= 15 is 4.79 Å². The molecule has 0 saturated heterocycles. The Bertz CT molecular complexity index is 2280. The van der Waals surface area contributed by atoms with E-state index in [0.717, 1.165) is 42.4 Å². The molecule has 1 amide bonds. The first-order chi connectivity index (χ1) is 31.4. The number of aliphatic hydroxyl groups is 2. The monoisotopic (exact) mass is 891 g/mol. The minimum atomic E-state index is -1.51. The summed E-state index contributed by atoms with van der Waals surface area (Å²) in [5.41, 5.74) is 3.16. The van der Waals surface area contributed by atoms with Crippen molar-refractivity contribution in [3.63, 3.8) is 0 Å². The zero-order valence-electron chi connectivity index (χ0n) is 37.6. The molecule has 0 aromatic heterocycles. The average Bonchev–Trinajstić information content (AvgIpc) is 3.77. The summed E-state index contributed by atoms with van der Waals surface area (Å²) < 4.78 is 32.1. The number of fused-ring (bicyclic) bond motifs is 3. The highest BCUT2D eigenvalue weighted by molar-refractivity contribution is 6.03. The summed E-state index contributed by atoms with van der Waals surface area (Å²) >= 11 is 0. The number of non-ortho nitro benzene ring substituents is 1. The Morgan fingerprint density at radius 1 is 0.954 bits per heavy atom. The number of aliphatic hydroxyl groups excluding tert-OH is 2. The lowest BCUT2D eigenvalue weighted by atomic mass is 9.55. The van der Waals surface area contributed by atoms with Crippen molar-refractivity contribution in [3.8, 4) is 23.0 Å². The summed E-state index contributed by atoms with van der Waals surface area (Å²) in [5.74, 6) is -0.199. The number of carbonyl (C=O) groups is 1. The summed E-state index contributed by atoms with van der Waals surface area (Å²) in [6.45, 7) is 14.4. The molecule has 2 heterocycles. The number of nitrogens with zero attached hydrogens (tertiary/aromatic N) is 3. The number of oxime groups is 1. The van der Waals surface area contributed by atoms with Crippen LogP contribution < -0.4 is 18.9 Å². The topological polar surface area (TPSA) is 172 Å². The second-order valence-electron chi connectivity index (χ2n) is 17.9. The van der Waals surface area contributed by atoms with Crippen molar-refractivity contribution in [3.05, 3.63) is 131 Å². The Balaban J connectivity index is 1.46. The van der Waals surface area contributed by atoms with E-state index in [1.165, 1.54) is 18.2 Å². The first-order valence-electron chi connectivity index (χ1n) is 22.5. The summed E-state index contributed by atoms with van der Waals surface area (Å²) in [6.07, 6.45) is 13.4. The molecule has 7 rings (SSSR count). The minimum absolute atomic E-state index is 0.0154. The van der Waals surface area contributed by atoms with Crippen LogP contribution in [0.1, 0.15) is 88.3 Å². The SMILES string of the molecule is C=CCOc1ccc2c(c1)C1C(CCCCO)C(CCCCO)C=C3C(=NOC(C)(C)C)CC(N(Cc4ccc5c(c4)OCO5)C(=O)C=Cc4ccc([N+](=O)[O-])cc4)C(OCC=C)(O2)C31. The molecule has 14 nitrogen and oxygen atoms in total. The molecule has 0 spiro atoms. The van der Waals surface area contributed by atoms with Crippen LogP contribution in [0.5, 0.6) is 23.0 Å². The molecule has 65 heavy (non-hydrogen) atoms. The van der Waals surface area contributed by atoms with Gasteiger partial charge in [0.05, 0.1) is 23.2 Å². The lowest BCUT2D eigenvalue weighted by Gasteiger charge is -2.60. The average molecular weight is 892 g/mol. The predicted molar refractivity (Wildman–Crippen MR) is 247 cm³/mol. The number of carbonyl (C=O) groups excluding carboxylic acids is 1. The van der Waals surface area contributed by atoms with E-state index in [1.807, 2.05) is 57.2 Å². The number of benzene rings is 3. The Labute approximate surface area is 381 Å². The Morgan fingerprint density at radius 3 is 2.38 bits per heavy atom. The van der Waals surface area contributed by atoms with E-state index < -0.39 is 28.3 Å². The maximum Gasteiger partial charge on any atom is 0.269 e. The number of nitro groups is 1. The fraction of sp³-hybridized carbons (Fsp3) is 0.451. The highest BCUT2D eigenvalue weighted by Gasteiger charge is 2.65. The molecule has 14 heteroatoms. The summed E-state index contributed by atoms with van der Waals surface area (Å²) in [5, 5.41) is 36.3. The Kier molecular flexibility index (Phi) is 15.1. The number of hydrogen-bond donors (Lipinski definition) is 2. The second-order valence-corrected chi connectivity index (χ2v) is 17.9. The first-order valence-corrected chi connectivity index (χ1v) is 22.5. The third-order valence-corrected chi connectivity index (χ3v) is 12.4. The van der Waals surface area contributed by atoms with Crippen molar-refractivity contribution in [2.24, 2.45) is 22.9 Å². The molecule has 0 bridgehead atoms. The molecule has 1 saturated carbocycles. The Morgan fingerprint density at radius 2 is 1.68 bits per heavy atom. The third-order valence-electron chi connectivity index (χ3n) is 12.4. The molecule has 6 atom stereocenters. The van der Waals surface area contributed by atoms with Crippen molar-refractivity contribution >= 4 is 23.4 Å². The van der Waals surface area contributed by atoms with Crippen LogP contribution in [0.15, 0.2) is 109 Å². The Hall–Kier alpha value is -5.96. The van der Waals surface area contributed by atoms with Gasteiger partial charge in [-0.05, 0) is 124 Å². The van der Waals surface area contributed by atoms with Gasteiger partial charge in [0, 0.05) is 55.9 Å². The fourth-order valence-corrected chi connectivity index (χ4v) is 9.63. The van der Waals surface area contributed by atoms with E-state index in [0.29, 0.717) is 53.7 Å². The predicted octanol–water partition coefficient (Wildman–Crippen LogP) is 9.06. The van der Waals surface area contributed by atoms with Crippen LogP contribution >= 0.6 is 0 Å². The minimum Gasteiger partial charge on any atom is -0.490 e. The van der Waals surface area contributed by atoms with Crippen LogP contribution in [0.2, 0.25) is 0 Å². The molecule has 3 aromatic rings. The molecule has 2 aliphatic heterocycles. The van der Waals surface area contributed by atoms with E-state index in [2.05, 4.69) is 19.2 Å². The lowest BCUT2D eigenvalue weighted by molar-refractivity contribution is -0.384. The number of nitro benzene ring substituents is 1. The van der Waals surface area contributed by atoms with Crippen LogP contribution in [-0.2, 0) is 20.9 Å².